The molecular formula is C11H14BrNO2S. The maximum Gasteiger partial charge on any atom is 0.241 e. The van der Waals surface area contributed by atoms with Crippen LogP contribution in [0.5, 0.6) is 0 Å². The fourth-order valence-corrected chi connectivity index (χ4v) is 3.27. The zero-order valence-electron chi connectivity index (χ0n) is 9.03. The van der Waals surface area contributed by atoms with E-state index in [0.717, 1.165) is 23.7 Å². The predicted octanol–water partition coefficient (Wildman–Crippen LogP) is 2.41. The zero-order chi connectivity index (χ0) is 11.8. The van der Waals surface area contributed by atoms with E-state index in [9.17, 15) is 8.42 Å². The standard InChI is InChI=1S/C11H14BrNO2S/c1-11(6-7-11)13-16(14,15)10-4-2-9(8-12)3-5-10/h2-5,13H,6-8H2,1H3. The first-order chi connectivity index (χ1) is 7.45. The minimum atomic E-state index is -3.35. The van der Waals surface area contributed by atoms with E-state index in [4.69, 9.17) is 0 Å². The number of alkyl halides is 1. The van der Waals surface area contributed by atoms with Crippen molar-refractivity contribution in [2.24, 2.45) is 0 Å². The van der Waals surface area contributed by atoms with E-state index in [0.29, 0.717) is 4.90 Å². The molecule has 88 valence electrons. The van der Waals surface area contributed by atoms with E-state index >= 15 is 0 Å². The van der Waals surface area contributed by atoms with Gasteiger partial charge in [-0.05, 0) is 37.5 Å². The third-order valence-electron chi connectivity index (χ3n) is 2.77. The van der Waals surface area contributed by atoms with E-state index in [2.05, 4.69) is 20.7 Å². The monoisotopic (exact) mass is 303 g/mol. The van der Waals surface area contributed by atoms with Gasteiger partial charge in [-0.3, -0.25) is 0 Å². The van der Waals surface area contributed by atoms with Gasteiger partial charge < -0.3 is 0 Å². The molecule has 0 spiro atoms. The average molecular weight is 304 g/mol. The van der Waals surface area contributed by atoms with Crippen LogP contribution in [0.4, 0.5) is 0 Å². The molecule has 0 aromatic heterocycles. The largest absolute Gasteiger partial charge is 0.241 e. The van der Waals surface area contributed by atoms with Gasteiger partial charge in [0.2, 0.25) is 10.0 Å². The second-order valence-electron chi connectivity index (χ2n) is 4.44. The van der Waals surface area contributed by atoms with Gasteiger partial charge in [0.15, 0.2) is 0 Å². The number of rotatable bonds is 4. The van der Waals surface area contributed by atoms with Crippen molar-refractivity contribution in [2.45, 2.75) is 35.5 Å². The number of sulfonamides is 1. The second kappa shape index (κ2) is 4.13. The summed E-state index contributed by atoms with van der Waals surface area (Å²) in [5.74, 6) is 0. The molecular weight excluding hydrogens is 290 g/mol. The molecule has 0 amide bonds. The Balaban J connectivity index is 2.21. The summed E-state index contributed by atoms with van der Waals surface area (Å²) in [7, 11) is -3.35. The molecule has 1 aliphatic rings. The number of nitrogens with one attached hydrogen (secondary N) is 1. The predicted molar refractivity (Wildman–Crippen MR) is 67.0 cm³/mol. The second-order valence-corrected chi connectivity index (χ2v) is 6.69. The highest BCUT2D eigenvalue weighted by molar-refractivity contribution is 9.08. The van der Waals surface area contributed by atoms with Gasteiger partial charge in [0.05, 0.1) is 4.90 Å². The minimum Gasteiger partial charge on any atom is -0.207 e. The Bertz CT molecular complexity index is 477. The summed E-state index contributed by atoms with van der Waals surface area (Å²) < 4.78 is 26.7. The van der Waals surface area contributed by atoms with Crippen molar-refractivity contribution in [1.82, 2.24) is 4.72 Å². The quantitative estimate of drug-likeness (QED) is 0.868. The van der Waals surface area contributed by atoms with Crippen molar-refractivity contribution >= 4 is 26.0 Å². The maximum atomic E-state index is 12.0. The molecule has 2 rings (SSSR count). The molecule has 1 aliphatic carbocycles. The lowest BCUT2D eigenvalue weighted by Gasteiger charge is -2.12. The summed E-state index contributed by atoms with van der Waals surface area (Å²) in [5, 5.41) is 0.735. The summed E-state index contributed by atoms with van der Waals surface area (Å²) in [5.41, 5.74) is 0.851. The summed E-state index contributed by atoms with van der Waals surface area (Å²) >= 11 is 3.33. The van der Waals surface area contributed by atoms with Gasteiger partial charge in [-0.25, -0.2) is 13.1 Å². The van der Waals surface area contributed by atoms with Crippen LogP contribution in [0, 0.1) is 0 Å². The van der Waals surface area contributed by atoms with Crippen molar-refractivity contribution in [2.75, 3.05) is 0 Å². The lowest BCUT2D eigenvalue weighted by Crippen LogP contribution is -2.34. The van der Waals surface area contributed by atoms with Gasteiger partial charge in [-0.15, -0.1) is 0 Å². The molecule has 0 radical (unpaired) electrons. The molecule has 0 aliphatic heterocycles. The van der Waals surface area contributed by atoms with Crippen LogP contribution in [0.1, 0.15) is 25.3 Å². The molecule has 0 saturated heterocycles. The molecule has 0 heterocycles. The van der Waals surface area contributed by atoms with Crippen LogP contribution >= 0.6 is 15.9 Å². The molecule has 1 fully saturated rings. The Kier molecular flexibility index (Phi) is 3.11. The Hall–Kier alpha value is -0.390. The minimum absolute atomic E-state index is 0.215. The van der Waals surface area contributed by atoms with E-state index in [1.807, 2.05) is 19.1 Å². The lowest BCUT2D eigenvalue weighted by atomic mass is 10.2. The normalized spacial score (nSPS) is 18.4. The average Bonchev–Trinajstić information content (AvgIpc) is 2.95. The third-order valence-corrected chi connectivity index (χ3v) is 5.07. The molecule has 1 N–H and O–H groups in total. The molecule has 5 heteroatoms. The van der Waals surface area contributed by atoms with Gasteiger partial charge in [-0.2, -0.15) is 0 Å². The van der Waals surface area contributed by atoms with Crippen LogP contribution in [0.15, 0.2) is 29.2 Å². The third kappa shape index (κ3) is 2.64. The smallest absolute Gasteiger partial charge is 0.207 e. The highest BCUT2D eigenvalue weighted by Gasteiger charge is 2.41. The van der Waals surface area contributed by atoms with Crippen LogP contribution in [0.2, 0.25) is 0 Å². The first-order valence-corrected chi connectivity index (χ1v) is 7.75. The lowest BCUT2D eigenvalue weighted by molar-refractivity contribution is 0.558. The van der Waals surface area contributed by atoms with Gasteiger partial charge in [0, 0.05) is 10.9 Å². The number of hydrogen-bond donors (Lipinski definition) is 1. The van der Waals surface area contributed by atoms with Gasteiger partial charge in [0.25, 0.3) is 0 Å². The maximum absolute atomic E-state index is 12.0. The topological polar surface area (TPSA) is 46.2 Å². The van der Waals surface area contributed by atoms with Crippen molar-refractivity contribution in [3.8, 4) is 0 Å². The summed E-state index contributed by atoms with van der Waals surface area (Å²) in [6, 6.07) is 6.92. The summed E-state index contributed by atoms with van der Waals surface area (Å²) in [6.07, 6.45) is 1.84. The summed E-state index contributed by atoms with van der Waals surface area (Å²) in [4.78, 5) is 0.338. The highest BCUT2D eigenvalue weighted by atomic mass is 79.9. The molecule has 16 heavy (non-hydrogen) atoms. The first-order valence-electron chi connectivity index (χ1n) is 5.14. The molecule has 0 unspecified atom stereocenters. The molecule has 1 saturated carbocycles. The SMILES string of the molecule is CC1(NS(=O)(=O)c2ccc(CBr)cc2)CC1. The van der Waals surface area contributed by atoms with Crippen LogP contribution in [-0.4, -0.2) is 14.0 Å². The van der Waals surface area contributed by atoms with E-state index in [1.54, 1.807) is 12.1 Å². The van der Waals surface area contributed by atoms with Crippen LogP contribution in [-0.2, 0) is 15.4 Å². The van der Waals surface area contributed by atoms with Crippen LogP contribution in [0.3, 0.4) is 0 Å². The Morgan fingerprint density at radius 2 is 1.88 bits per heavy atom. The molecule has 3 nitrogen and oxygen atoms in total. The number of halogens is 1. The van der Waals surface area contributed by atoms with E-state index < -0.39 is 10.0 Å². The van der Waals surface area contributed by atoms with Crippen molar-refractivity contribution < 1.29 is 8.42 Å². The number of benzene rings is 1. The van der Waals surface area contributed by atoms with Crippen molar-refractivity contribution in [3.05, 3.63) is 29.8 Å². The van der Waals surface area contributed by atoms with E-state index in [1.165, 1.54) is 0 Å². The van der Waals surface area contributed by atoms with Gasteiger partial charge >= 0.3 is 0 Å². The fourth-order valence-electron chi connectivity index (χ4n) is 1.43. The van der Waals surface area contributed by atoms with Gasteiger partial charge in [0.1, 0.15) is 0 Å². The van der Waals surface area contributed by atoms with Crippen molar-refractivity contribution in [3.63, 3.8) is 0 Å². The van der Waals surface area contributed by atoms with Crippen LogP contribution < -0.4 is 4.72 Å². The Labute approximate surface area is 104 Å². The molecule has 0 atom stereocenters. The van der Waals surface area contributed by atoms with E-state index in [-0.39, 0.29) is 5.54 Å². The molecule has 0 bridgehead atoms. The highest BCUT2D eigenvalue weighted by Crippen LogP contribution is 2.35. The van der Waals surface area contributed by atoms with Crippen LogP contribution in [0.25, 0.3) is 0 Å². The molecule has 1 aromatic carbocycles. The zero-order valence-corrected chi connectivity index (χ0v) is 11.4. The van der Waals surface area contributed by atoms with Crippen molar-refractivity contribution in [1.29, 1.82) is 0 Å². The summed E-state index contributed by atoms with van der Waals surface area (Å²) in [6.45, 7) is 1.93. The number of hydrogen-bond acceptors (Lipinski definition) is 2. The first kappa shape index (κ1) is 12.1. The fraction of sp³-hybridized carbons (Fsp3) is 0.455. The molecule has 1 aromatic rings. The Morgan fingerprint density at radius 1 is 1.31 bits per heavy atom. The Morgan fingerprint density at radius 3 is 2.31 bits per heavy atom. The van der Waals surface area contributed by atoms with Gasteiger partial charge in [-0.1, -0.05) is 28.1 Å².